The first-order valence-corrected chi connectivity index (χ1v) is 5.61. The van der Waals surface area contributed by atoms with Crippen molar-refractivity contribution in [2.75, 3.05) is 11.9 Å². The third-order valence-corrected chi connectivity index (χ3v) is 2.23. The molecular weight excluding hydrogens is 239 g/mol. The predicted octanol–water partition coefficient (Wildman–Crippen LogP) is 2.20. The summed E-state index contributed by atoms with van der Waals surface area (Å²) in [6, 6.07) is 5.35. The fraction of sp³-hybridized carbons (Fsp3) is 0.333. The fourth-order valence-corrected chi connectivity index (χ4v) is 1.33. The van der Waals surface area contributed by atoms with Gasteiger partial charge in [0.25, 0.3) is 0 Å². The lowest BCUT2D eigenvalue weighted by atomic mass is 10.2. The van der Waals surface area contributed by atoms with E-state index in [1.165, 1.54) is 18.2 Å². The molecule has 98 valence electrons. The van der Waals surface area contributed by atoms with Crippen LogP contribution in [0.25, 0.3) is 0 Å². The molecule has 18 heavy (non-hydrogen) atoms. The highest BCUT2D eigenvalue weighted by molar-refractivity contribution is 5.89. The largest absolute Gasteiger partial charge is 0.481 e. The molecule has 2 amide bonds. The van der Waals surface area contributed by atoms with Crippen molar-refractivity contribution in [3.63, 3.8) is 0 Å². The van der Waals surface area contributed by atoms with E-state index in [0.717, 1.165) is 0 Å². The minimum absolute atomic E-state index is 0.0800. The number of carbonyl (C=O) groups is 2. The summed E-state index contributed by atoms with van der Waals surface area (Å²) >= 11 is 0. The van der Waals surface area contributed by atoms with Crippen molar-refractivity contribution in [3.05, 3.63) is 30.1 Å². The molecular formula is C12H15FN2O3. The molecule has 0 heterocycles. The van der Waals surface area contributed by atoms with Gasteiger partial charge in [-0.3, -0.25) is 4.79 Å². The van der Waals surface area contributed by atoms with E-state index >= 15 is 0 Å². The van der Waals surface area contributed by atoms with Gasteiger partial charge in [-0.1, -0.05) is 12.1 Å². The number of halogens is 1. The number of unbranched alkanes of at least 4 members (excludes halogenated alkanes) is 1. The van der Waals surface area contributed by atoms with Crippen molar-refractivity contribution in [1.29, 1.82) is 0 Å². The molecule has 0 unspecified atom stereocenters. The molecule has 0 saturated carbocycles. The average Bonchev–Trinajstić information content (AvgIpc) is 2.31. The van der Waals surface area contributed by atoms with Crippen LogP contribution in [0.1, 0.15) is 19.3 Å². The van der Waals surface area contributed by atoms with Gasteiger partial charge < -0.3 is 15.7 Å². The number of nitrogens with one attached hydrogen (secondary N) is 2. The Hall–Kier alpha value is -2.11. The SMILES string of the molecule is O=C(O)CCCCNC(=O)Nc1ccccc1F. The lowest BCUT2D eigenvalue weighted by Crippen LogP contribution is -2.29. The number of anilines is 1. The third-order valence-electron chi connectivity index (χ3n) is 2.23. The molecule has 0 spiro atoms. The Morgan fingerprint density at radius 1 is 1.22 bits per heavy atom. The maximum Gasteiger partial charge on any atom is 0.319 e. The Labute approximate surface area is 104 Å². The van der Waals surface area contributed by atoms with Crippen molar-refractivity contribution < 1.29 is 19.1 Å². The standard InChI is InChI=1S/C12H15FN2O3/c13-9-5-1-2-6-10(9)15-12(18)14-8-4-3-7-11(16)17/h1-2,5-6H,3-4,7-8H2,(H,16,17)(H2,14,15,18). The zero-order valence-corrected chi connectivity index (χ0v) is 9.78. The fourth-order valence-electron chi connectivity index (χ4n) is 1.33. The van der Waals surface area contributed by atoms with Gasteiger partial charge in [-0.2, -0.15) is 0 Å². The van der Waals surface area contributed by atoms with Crippen molar-refractivity contribution >= 4 is 17.7 Å². The molecule has 0 saturated heterocycles. The molecule has 1 aromatic rings. The Balaban J connectivity index is 2.22. The molecule has 0 aliphatic carbocycles. The molecule has 0 atom stereocenters. The van der Waals surface area contributed by atoms with Crippen molar-refractivity contribution in [1.82, 2.24) is 5.32 Å². The number of carboxylic acids is 1. The number of para-hydroxylation sites is 1. The van der Waals surface area contributed by atoms with Crippen molar-refractivity contribution in [2.45, 2.75) is 19.3 Å². The summed E-state index contributed by atoms with van der Waals surface area (Å²) in [6.45, 7) is 0.355. The maximum atomic E-state index is 13.2. The number of carbonyl (C=O) groups excluding carboxylic acids is 1. The van der Waals surface area contributed by atoms with Crippen LogP contribution in [0.3, 0.4) is 0 Å². The summed E-state index contributed by atoms with van der Waals surface area (Å²) in [5, 5.41) is 13.3. The van der Waals surface area contributed by atoms with Gasteiger partial charge in [0.15, 0.2) is 0 Å². The highest BCUT2D eigenvalue weighted by atomic mass is 19.1. The van der Waals surface area contributed by atoms with Gasteiger partial charge in [0.1, 0.15) is 5.82 Å². The second-order valence-electron chi connectivity index (χ2n) is 3.71. The second-order valence-corrected chi connectivity index (χ2v) is 3.71. The van der Waals surface area contributed by atoms with E-state index in [0.29, 0.717) is 19.4 Å². The number of carboxylic acid groups (broad SMARTS) is 1. The molecule has 0 fully saturated rings. The summed E-state index contributed by atoms with van der Waals surface area (Å²) in [4.78, 5) is 21.6. The van der Waals surface area contributed by atoms with Crippen LogP contribution in [0.15, 0.2) is 24.3 Å². The Bertz CT molecular complexity index is 424. The number of amides is 2. The van der Waals surface area contributed by atoms with Gasteiger partial charge in [-0.15, -0.1) is 0 Å². The molecule has 0 aromatic heterocycles. The van der Waals surface area contributed by atoms with Crippen LogP contribution in [0.2, 0.25) is 0 Å². The number of urea groups is 1. The van der Waals surface area contributed by atoms with Gasteiger partial charge in [0, 0.05) is 13.0 Å². The molecule has 1 aromatic carbocycles. The Morgan fingerprint density at radius 3 is 2.61 bits per heavy atom. The van der Waals surface area contributed by atoms with Crippen LogP contribution < -0.4 is 10.6 Å². The topological polar surface area (TPSA) is 78.4 Å². The highest BCUT2D eigenvalue weighted by Gasteiger charge is 2.05. The average molecular weight is 254 g/mol. The van der Waals surface area contributed by atoms with Crippen LogP contribution in [-0.2, 0) is 4.79 Å². The number of rotatable bonds is 6. The smallest absolute Gasteiger partial charge is 0.319 e. The number of aliphatic carboxylic acids is 1. The summed E-state index contributed by atoms with van der Waals surface area (Å²) in [6.07, 6.45) is 1.14. The molecule has 0 bridgehead atoms. The first-order valence-electron chi connectivity index (χ1n) is 5.61. The van der Waals surface area contributed by atoms with Crippen LogP contribution in [0.5, 0.6) is 0 Å². The van der Waals surface area contributed by atoms with Crippen LogP contribution in [-0.4, -0.2) is 23.7 Å². The third kappa shape index (κ3) is 5.29. The molecule has 0 aliphatic rings. The maximum absolute atomic E-state index is 13.2. The van der Waals surface area contributed by atoms with E-state index < -0.39 is 17.8 Å². The van der Waals surface area contributed by atoms with E-state index in [9.17, 15) is 14.0 Å². The lowest BCUT2D eigenvalue weighted by Gasteiger charge is -2.07. The Morgan fingerprint density at radius 2 is 1.94 bits per heavy atom. The Kier molecular flexibility index (Phi) is 5.63. The van der Waals surface area contributed by atoms with Gasteiger partial charge in [0.2, 0.25) is 0 Å². The molecule has 5 nitrogen and oxygen atoms in total. The van der Waals surface area contributed by atoms with Gasteiger partial charge in [0.05, 0.1) is 5.69 Å². The van der Waals surface area contributed by atoms with E-state index in [-0.39, 0.29) is 12.1 Å². The molecule has 0 radical (unpaired) electrons. The van der Waals surface area contributed by atoms with E-state index in [1.807, 2.05) is 0 Å². The minimum Gasteiger partial charge on any atom is -0.481 e. The van der Waals surface area contributed by atoms with Gasteiger partial charge >= 0.3 is 12.0 Å². The quantitative estimate of drug-likeness (QED) is 0.681. The zero-order chi connectivity index (χ0) is 13.4. The van der Waals surface area contributed by atoms with Crippen LogP contribution >= 0.6 is 0 Å². The molecule has 6 heteroatoms. The monoisotopic (exact) mass is 254 g/mol. The number of hydrogen-bond acceptors (Lipinski definition) is 2. The first kappa shape index (κ1) is 14.0. The summed E-state index contributed by atoms with van der Waals surface area (Å²) in [5.41, 5.74) is 0.112. The van der Waals surface area contributed by atoms with E-state index in [4.69, 9.17) is 5.11 Å². The minimum atomic E-state index is -0.856. The van der Waals surface area contributed by atoms with E-state index in [2.05, 4.69) is 10.6 Å². The van der Waals surface area contributed by atoms with Crippen LogP contribution in [0, 0.1) is 5.82 Å². The first-order chi connectivity index (χ1) is 8.59. The normalized spacial score (nSPS) is 9.83. The van der Waals surface area contributed by atoms with Crippen molar-refractivity contribution in [2.24, 2.45) is 0 Å². The van der Waals surface area contributed by atoms with Crippen molar-refractivity contribution in [3.8, 4) is 0 Å². The predicted molar refractivity (Wildman–Crippen MR) is 64.9 cm³/mol. The van der Waals surface area contributed by atoms with Gasteiger partial charge in [-0.25, -0.2) is 9.18 Å². The highest BCUT2D eigenvalue weighted by Crippen LogP contribution is 2.11. The zero-order valence-electron chi connectivity index (χ0n) is 9.78. The summed E-state index contributed by atoms with van der Waals surface area (Å²) in [5.74, 6) is -1.36. The number of benzene rings is 1. The molecule has 0 aliphatic heterocycles. The number of hydrogen-bond donors (Lipinski definition) is 3. The second kappa shape index (κ2) is 7.26. The van der Waals surface area contributed by atoms with Gasteiger partial charge in [-0.05, 0) is 25.0 Å². The lowest BCUT2D eigenvalue weighted by molar-refractivity contribution is -0.137. The van der Waals surface area contributed by atoms with Crippen LogP contribution in [0.4, 0.5) is 14.9 Å². The molecule has 3 N–H and O–H groups in total. The molecule has 1 rings (SSSR count). The summed E-state index contributed by atoms with van der Waals surface area (Å²) < 4.78 is 13.2. The van der Waals surface area contributed by atoms with E-state index in [1.54, 1.807) is 6.07 Å². The summed E-state index contributed by atoms with van der Waals surface area (Å²) in [7, 11) is 0.